The van der Waals surface area contributed by atoms with E-state index in [0.29, 0.717) is 23.3 Å². The normalized spacial score (nSPS) is 10.4. The Morgan fingerprint density at radius 2 is 0.969 bits per heavy atom. The minimum Gasteiger partial charge on any atom is -0.358 e. The molecule has 0 amide bonds. The lowest BCUT2D eigenvalue weighted by atomic mass is 10.0. The lowest BCUT2D eigenvalue weighted by molar-refractivity contribution is 0.924. The van der Waals surface area contributed by atoms with Crippen molar-refractivity contribution in [3.63, 3.8) is 0 Å². The lowest BCUT2D eigenvalue weighted by Gasteiger charge is -2.12. The van der Waals surface area contributed by atoms with Crippen molar-refractivity contribution < 1.29 is 0 Å². The Hall–Kier alpha value is -3.48. The van der Waals surface area contributed by atoms with Crippen molar-refractivity contribution in [1.82, 2.24) is 10.6 Å². The fourth-order valence-electron chi connectivity index (χ4n) is 3.32. The first-order chi connectivity index (χ1) is 15.7. The highest BCUT2D eigenvalue weighted by molar-refractivity contribution is 7.80. The van der Waals surface area contributed by atoms with Gasteiger partial charge in [-0.3, -0.25) is 0 Å². The lowest BCUT2D eigenvalue weighted by Crippen LogP contribution is -2.28. The predicted octanol–water partition coefficient (Wildman–Crippen LogP) is 5.81. The van der Waals surface area contributed by atoms with Crippen LogP contribution < -0.4 is 21.3 Å². The molecule has 4 aromatic rings. The molecule has 4 N–H and O–H groups in total. The Morgan fingerprint density at radius 1 is 0.531 bits per heavy atom. The number of nitrogens with one attached hydrogen (secondary N) is 4. The zero-order valence-electron chi connectivity index (χ0n) is 17.5. The van der Waals surface area contributed by atoms with Gasteiger partial charge in [0, 0.05) is 24.5 Å². The highest BCUT2D eigenvalue weighted by Gasteiger charge is 2.03. The molecule has 0 aromatic heterocycles. The van der Waals surface area contributed by atoms with Crippen LogP contribution in [0.25, 0.3) is 10.8 Å². The molecule has 4 nitrogen and oxygen atoms in total. The smallest absolute Gasteiger partial charge is 0.171 e. The minimum atomic E-state index is 0.605. The summed E-state index contributed by atoms with van der Waals surface area (Å²) in [4.78, 5) is 0. The molecule has 0 bridgehead atoms. The molecule has 0 aliphatic carbocycles. The molecular formula is C26H24N4S2. The van der Waals surface area contributed by atoms with Gasteiger partial charge < -0.3 is 21.3 Å². The summed E-state index contributed by atoms with van der Waals surface area (Å²) in [7, 11) is 0. The van der Waals surface area contributed by atoms with Crippen LogP contribution in [-0.2, 0) is 13.1 Å². The van der Waals surface area contributed by atoms with E-state index in [0.717, 1.165) is 11.4 Å². The van der Waals surface area contributed by atoms with Crippen LogP contribution in [0.5, 0.6) is 0 Å². The monoisotopic (exact) mass is 456 g/mol. The van der Waals surface area contributed by atoms with Crippen LogP contribution >= 0.6 is 24.4 Å². The molecule has 0 saturated carbocycles. The van der Waals surface area contributed by atoms with E-state index in [9.17, 15) is 0 Å². The zero-order chi connectivity index (χ0) is 22.2. The molecule has 0 atom stereocenters. The number of rotatable bonds is 6. The van der Waals surface area contributed by atoms with Gasteiger partial charge in [0.15, 0.2) is 10.2 Å². The third kappa shape index (κ3) is 6.26. The Balaban J connectivity index is 1.34. The molecular weight excluding hydrogens is 432 g/mol. The maximum atomic E-state index is 5.41. The number of para-hydroxylation sites is 2. The Bertz CT molecular complexity index is 1120. The first kappa shape index (κ1) is 21.7. The van der Waals surface area contributed by atoms with E-state index in [1.165, 1.54) is 21.9 Å². The van der Waals surface area contributed by atoms with E-state index in [-0.39, 0.29) is 0 Å². The van der Waals surface area contributed by atoms with Crippen molar-refractivity contribution in [3.05, 3.63) is 108 Å². The van der Waals surface area contributed by atoms with Gasteiger partial charge in [0.1, 0.15) is 0 Å². The maximum absolute atomic E-state index is 5.41. The van der Waals surface area contributed by atoms with E-state index in [1.54, 1.807) is 0 Å². The molecule has 0 radical (unpaired) electrons. The highest BCUT2D eigenvalue weighted by Crippen LogP contribution is 2.18. The van der Waals surface area contributed by atoms with Crippen LogP contribution in [0, 0.1) is 0 Å². The fraction of sp³-hybridized carbons (Fsp3) is 0.0769. The molecule has 32 heavy (non-hydrogen) atoms. The molecule has 0 heterocycles. The van der Waals surface area contributed by atoms with Crippen LogP contribution in [0.3, 0.4) is 0 Å². The summed E-state index contributed by atoms with van der Waals surface area (Å²) in [6.45, 7) is 1.31. The SMILES string of the molecule is S=C(NCc1ccc2ccc(CNC(=S)Nc3ccccc3)cc2c1)Nc1ccccc1. The van der Waals surface area contributed by atoms with Gasteiger partial charge in [0.05, 0.1) is 0 Å². The summed E-state index contributed by atoms with van der Waals surface area (Å²) in [5.74, 6) is 0. The molecule has 0 spiro atoms. The van der Waals surface area contributed by atoms with Gasteiger partial charge >= 0.3 is 0 Å². The molecule has 0 aliphatic rings. The molecule has 0 saturated heterocycles. The Morgan fingerprint density at radius 3 is 1.41 bits per heavy atom. The number of anilines is 2. The molecule has 160 valence electrons. The van der Waals surface area contributed by atoms with E-state index >= 15 is 0 Å². The van der Waals surface area contributed by atoms with Crippen molar-refractivity contribution in [3.8, 4) is 0 Å². The van der Waals surface area contributed by atoms with Crippen LogP contribution in [0.4, 0.5) is 11.4 Å². The largest absolute Gasteiger partial charge is 0.358 e. The molecule has 6 heteroatoms. The maximum Gasteiger partial charge on any atom is 0.171 e. The van der Waals surface area contributed by atoms with Crippen LogP contribution in [0.1, 0.15) is 11.1 Å². The standard InChI is InChI=1S/C26H24N4S2/c31-25(29-23-7-3-1-4-8-23)27-17-19-11-13-21-14-12-20(16-22(21)15-19)18-28-26(32)30-24-9-5-2-6-10-24/h1-16H,17-18H2,(H2,27,29,31)(H2,28,30,32). The van der Waals surface area contributed by atoms with Gasteiger partial charge in [-0.25, -0.2) is 0 Å². The van der Waals surface area contributed by atoms with Crippen LogP contribution in [-0.4, -0.2) is 10.2 Å². The number of fused-ring (bicyclic) bond motifs is 1. The third-order valence-electron chi connectivity index (χ3n) is 4.94. The molecule has 4 aromatic carbocycles. The van der Waals surface area contributed by atoms with Crippen molar-refractivity contribution in [2.45, 2.75) is 13.1 Å². The number of thiocarbonyl (C=S) groups is 2. The van der Waals surface area contributed by atoms with E-state index < -0.39 is 0 Å². The quantitative estimate of drug-likeness (QED) is 0.275. The Kier molecular flexibility index (Phi) is 7.27. The van der Waals surface area contributed by atoms with E-state index in [4.69, 9.17) is 24.4 Å². The van der Waals surface area contributed by atoms with Gasteiger partial charge in [-0.2, -0.15) is 0 Å². The van der Waals surface area contributed by atoms with Crippen molar-refractivity contribution >= 4 is 56.8 Å². The third-order valence-corrected chi connectivity index (χ3v) is 5.43. The summed E-state index contributed by atoms with van der Waals surface area (Å²) in [6, 6.07) is 32.7. The number of hydrogen-bond donors (Lipinski definition) is 4. The second-order valence-electron chi connectivity index (χ2n) is 7.36. The van der Waals surface area contributed by atoms with E-state index in [2.05, 4.69) is 57.7 Å². The van der Waals surface area contributed by atoms with Crippen molar-refractivity contribution in [2.75, 3.05) is 10.6 Å². The summed E-state index contributed by atoms with van der Waals surface area (Å²) in [5.41, 5.74) is 4.28. The van der Waals surface area contributed by atoms with Gasteiger partial charge in [0.25, 0.3) is 0 Å². The van der Waals surface area contributed by atoms with Gasteiger partial charge in [0.2, 0.25) is 0 Å². The predicted molar refractivity (Wildman–Crippen MR) is 143 cm³/mol. The number of benzene rings is 4. The summed E-state index contributed by atoms with van der Waals surface area (Å²) >= 11 is 10.8. The molecule has 4 rings (SSSR count). The summed E-state index contributed by atoms with van der Waals surface area (Å²) in [5, 5.41) is 16.5. The molecule has 0 unspecified atom stereocenters. The van der Waals surface area contributed by atoms with Gasteiger partial charge in [-0.05, 0) is 82.7 Å². The van der Waals surface area contributed by atoms with Gasteiger partial charge in [-0.1, -0.05) is 60.7 Å². The Labute approximate surface area is 199 Å². The average molecular weight is 457 g/mol. The molecule has 0 aliphatic heterocycles. The first-order valence-corrected chi connectivity index (χ1v) is 11.2. The van der Waals surface area contributed by atoms with Crippen LogP contribution in [0.2, 0.25) is 0 Å². The number of hydrogen-bond acceptors (Lipinski definition) is 2. The fourth-order valence-corrected chi connectivity index (χ4v) is 3.70. The summed E-state index contributed by atoms with van der Waals surface area (Å²) in [6.07, 6.45) is 0. The summed E-state index contributed by atoms with van der Waals surface area (Å²) < 4.78 is 0. The topological polar surface area (TPSA) is 48.1 Å². The average Bonchev–Trinajstić information content (AvgIpc) is 2.82. The van der Waals surface area contributed by atoms with Crippen LogP contribution in [0.15, 0.2) is 97.1 Å². The van der Waals surface area contributed by atoms with Crippen molar-refractivity contribution in [1.29, 1.82) is 0 Å². The highest BCUT2D eigenvalue weighted by atomic mass is 32.1. The minimum absolute atomic E-state index is 0.605. The van der Waals surface area contributed by atoms with Crippen molar-refractivity contribution in [2.24, 2.45) is 0 Å². The first-order valence-electron chi connectivity index (χ1n) is 10.4. The zero-order valence-corrected chi connectivity index (χ0v) is 19.1. The van der Waals surface area contributed by atoms with E-state index in [1.807, 2.05) is 60.7 Å². The van der Waals surface area contributed by atoms with Gasteiger partial charge in [-0.15, -0.1) is 0 Å². The molecule has 0 fully saturated rings. The second kappa shape index (κ2) is 10.7. The second-order valence-corrected chi connectivity index (χ2v) is 8.18.